The van der Waals surface area contributed by atoms with Crippen molar-refractivity contribution in [3.05, 3.63) is 64.6 Å². The lowest BCUT2D eigenvalue weighted by molar-refractivity contribution is -0.121. The van der Waals surface area contributed by atoms with Crippen molar-refractivity contribution in [2.24, 2.45) is 0 Å². The van der Waals surface area contributed by atoms with E-state index in [1.165, 1.54) is 12.3 Å². The summed E-state index contributed by atoms with van der Waals surface area (Å²) in [6, 6.07) is 10.3. The number of oxazole rings is 1. The van der Waals surface area contributed by atoms with Crippen molar-refractivity contribution in [1.82, 2.24) is 10.3 Å². The topological polar surface area (TPSA) is 55.1 Å². The molecule has 0 bridgehead atoms. The van der Waals surface area contributed by atoms with Crippen LogP contribution in [0.3, 0.4) is 0 Å². The standard InChI is InChI=1S/C17H15FN2O2S/c18-14-6-2-1-5-13(14)15-11-20-17(22-15)8-7-16(21)19-10-12-4-3-9-23-12/h1-6,9,11H,7-8,10H2,(H,19,21). The molecule has 0 radical (unpaired) electrons. The van der Waals surface area contributed by atoms with E-state index in [9.17, 15) is 9.18 Å². The van der Waals surface area contributed by atoms with Crippen LogP contribution in [-0.4, -0.2) is 10.9 Å². The fourth-order valence-electron chi connectivity index (χ4n) is 2.12. The van der Waals surface area contributed by atoms with E-state index in [0.29, 0.717) is 30.2 Å². The Morgan fingerprint density at radius 3 is 2.91 bits per heavy atom. The van der Waals surface area contributed by atoms with Crippen LogP contribution in [0.1, 0.15) is 17.2 Å². The van der Waals surface area contributed by atoms with E-state index in [0.717, 1.165) is 4.88 Å². The number of benzene rings is 1. The third-order valence-electron chi connectivity index (χ3n) is 3.30. The molecular weight excluding hydrogens is 315 g/mol. The molecule has 1 aromatic carbocycles. The molecule has 0 atom stereocenters. The second kappa shape index (κ2) is 7.19. The molecular formula is C17H15FN2O2S. The van der Waals surface area contributed by atoms with Gasteiger partial charge in [-0.15, -0.1) is 11.3 Å². The van der Waals surface area contributed by atoms with Crippen LogP contribution >= 0.6 is 11.3 Å². The summed E-state index contributed by atoms with van der Waals surface area (Å²) in [6.07, 6.45) is 2.14. The van der Waals surface area contributed by atoms with Crippen LogP contribution in [0.5, 0.6) is 0 Å². The number of aromatic nitrogens is 1. The third kappa shape index (κ3) is 4.04. The lowest BCUT2D eigenvalue weighted by atomic mass is 10.2. The predicted molar refractivity (Wildman–Crippen MR) is 86.4 cm³/mol. The number of nitrogens with zero attached hydrogens (tertiary/aromatic N) is 1. The highest BCUT2D eigenvalue weighted by Gasteiger charge is 2.11. The number of hydrogen-bond donors (Lipinski definition) is 1. The lowest BCUT2D eigenvalue weighted by Crippen LogP contribution is -2.22. The van der Waals surface area contributed by atoms with Crippen LogP contribution in [0.4, 0.5) is 4.39 Å². The first-order chi connectivity index (χ1) is 11.2. The number of carbonyl (C=O) groups is 1. The summed E-state index contributed by atoms with van der Waals surface area (Å²) in [7, 11) is 0. The van der Waals surface area contributed by atoms with Crippen molar-refractivity contribution in [2.45, 2.75) is 19.4 Å². The minimum Gasteiger partial charge on any atom is -0.441 e. The molecule has 1 amide bonds. The van der Waals surface area contributed by atoms with Crippen molar-refractivity contribution in [3.8, 4) is 11.3 Å². The minimum atomic E-state index is -0.358. The number of thiophene rings is 1. The zero-order chi connectivity index (χ0) is 16.1. The highest BCUT2D eigenvalue weighted by Crippen LogP contribution is 2.23. The molecule has 3 aromatic rings. The summed E-state index contributed by atoms with van der Waals surface area (Å²) in [5, 5.41) is 4.82. The normalized spacial score (nSPS) is 10.7. The van der Waals surface area contributed by atoms with Crippen LogP contribution in [0.2, 0.25) is 0 Å². The van der Waals surface area contributed by atoms with Gasteiger partial charge in [0.1, 0.15) is 5.82 Å². The van der Waals surface area contributed by atoms with E-state index in [1.54, 1.807) is 29.5 Å². The average molecular weight is 330 g/mol. The van der Waals surface area contributed by atoms with Crippen molar-refractivity contribution in [1.29, 1.82) is 0 Å². The molecule has 3 rings (SSSR count). The van der Waals surface area contributed by atoms with Crippen molar-refractivity contribution < 1.29 is 13.6 Å². The first kappa shape index (κ1) is 15.4. The molecule has 0 fully saturated rings. The van der Waals surface area contributed by atoms with Gasteiger partial charge in [0.05, 0.1) is 18.3 Å². The van der Waals surface area contributed by atoms with Crippen LogP contribution in [-0.2, 0) is 17.8 Å². The summed E-state index contributed by atoms with van der Waals surface area (Å²) in [4.78, 5) is 17.0. The van der Waals surface area contributed by atoms with E-state index < -0.39 is 0 Å². The van der Waals surface area contributed by atoms with E-state index in [-0.39, 0.29) is 18.1 Å². The number of amides is 1. The van der Waals surface area contributed by atoms with E-state index in [2.05, 4.69) is 10.3 Å². The van der Waals surface area contributed by atoms with Gasteiger partial charge in [-0.1, -0.05) is 18.2 Å². The smallest absolute Gasteiger partial charge is 0.220 e. The van der Waals surface area contributed by atoms with Gasteiger partial charge in [0.2, 0.25) is 5.91 Å². The van der Waals surface area contributed by atoms with Crippen molar-refractivity contribution in [3.63, 3.8) is 0 Å². The maximum absolute atomic E-state index is 13.7. The van der Waals surface area contributed by atoms with Crippen LogP contribution in [0, 0.1) is 5.82 Å². The molecule has 2 aromatic heterocycles. The van der Waals surface area contributed by atoms with E-state index >= 15 is 0 Å². The molecule has 0 aliphatic rings. The minimum absolute atomic E-state index is 0.0657. The van der Waals surface area contributed by atoms with Crippen LogP contribution in [0.15, 0.2) is 52.4 Å². The van der Waals surface area contributed by atoms with Gasteiger partial charge < -0.3 is 9.73 Å². The molecule has 0 spiro atoms. The lowest BCUT2D eigenvalue weighted by Gasteiger charge is -2.02. The number of aryl methyl sites for hydroxylation is 1. The SMILES string of the molecule is O=C(CCc1ncc(-c2ccccc2F)o1)NCc1cccs1. The van der Waals surface area contributed by atoms with Gasteiger partial charge in [0.25, 0.3) is 0 Å². The fourth-order valence-corrected chi connectivity index (χ4v) is 2.76. The third-order valence-corrected chi connectivity index (χ3v) is 4.18. The Kier molecular flexibility index (Phi) is 4.83. The van der Waals surface area contributed by atoms with E-state index in [1.807, 2.05) is 17.5 Å². The molecule has 0 saturated heterocycles. The largest absolute Gasteiger partial charge is 0.441 e. The second-order valence-electron chi connectivity index (χ2n) is 4.95. The number of halogens is 1. The summed E-state index contributed by atoms with van der Waals surface area (Å²) in [6.45, 7) is 0.530. The van der Waals surface area contributed by atoms with Crippen LogP contribution in [0.25, 0.3) is 11.3 Å². The first-order valence-corrected chi connectivity index (χ1v) is 8.09. The summed E-state index contributed by atoms with van der Waals surface area (Å²) in [5.41, 5.74) is 0.369. The zero-order valence-electron chi connectivity index (χ0n) is 12.3. The Balaban J connectivity index is 1.53. The number of nitrogens with one attached hydrogen (secondary N) is 1. The molecule has 2 heterocycles. The summed E-state index contributed by atoms with van der Waals surface area (Å²) >= 11 is 1.60. The summed E-state index contributed by atoms with van der Waals surface area (Å²) in [5.74, 6) is 0.375. The van der Waals surface area contributed by atoms with Gasteiger partial charge >= 0.3 is 0 Å². The quantitative estimate of drug-likeness (QED) is 0.748. The Morgan fingerprint density at radius 2 is 2.13 bits per heavy atom. The molecule has 0 aliphatic carbocycles. The molecule has 0 saturated carbocycles. The van der Waals surface area contributed by atoms with Crippen LogP contribution < -0.4 is 5.32 Å². The highest BCUT2D eigenvalue weighted by atomic mass is 32.1. The highest BCUT2D eigenvalue weighted by molar-refractivity contribution is 7.09. The number of carbonyl (C=O) groups excluding carboxylic acids is 1. The molecule has 4 nitrogen and oxygen atoms in total. The van der Waals surface area contributed by atoms with Gasteiger partial charge in [-0.05, 0) is 23.6 Å². The molecule has 6 heteroatoms. The van der Waals surface area contributed by atoms with Crippen molar-refractivity contribution in [2.75, 3.05) is 0 Å². The fraction of sp³-hybridized carbons (Fsp3) is 0.176. The van der Waals surface area contributed by atoms with Gasteiger partial charge in [-0.25, -0.2) is 9.37 Å². The summed E-state index contributed by atoms with van der Waals surface area (Å²) < 4.78 is 19.2. The Hall–Kier alpha value is -2.47. The molecule has 0 aliphatic heterocycles. The zero-order valence-corrected chi connectivity index (χ0v) is 13.1. The second-order valence-corrected chi connectivity index (χ2v) is 5.99. The first-order valence-electron chi connectivity index (χ1n) is 7.21. The molecule has 0 unspecified atom stereocenters. The van der Waals surface area contributed by atoms with Crippen molar-refractivity contribution >= 4 is 17.2 Å². The monoisotopic (exact) mass is 330 g/mol. The van der Waals surface area contributed by atoms with Gasteiger partial charge in [-0.2, -0.15) is 0 Å². The molecule has 1 N–H and O–H groups in total. The van der Waals surface area contributed by atoms with E-state index in [4.69, 9.17) is 4.42 Å². The van der Waals surface area contributed by atoms with Gasteiger partial charge in [0.15, 0.2) is 11.7 Å². The Morgan fingerprint density at radius 1 is 1.26 bits per heavy atom. The average Bonchev–Trinajstić information content (AvgIpc) is 3.23. The van der Waals surface area contributed by atoms with Gasteiger partial charge in [-0.3, -0.25) is 4.79 Å². The van der Waals surface area contributed by atoms with Gasteiger partial charge in [0, 0.05) is 17.7 Å². The number of rotatable bonds is 6. The maximum Gasteiger partial charge on any atom is 0.220 e. The Labute approximate surface area is 137 Å². The predicted octanol–water partition coefficient (Wildman–Crippen LogP) is 3.79. The molecule has 23 heavy (non-hydrogen) atoms. The Bertz CT molecular complexity index is 784. The number of hydrogen-bond acceptors (Lipinski definition) is 4. The maximum atomic E-state index is 13.7. The molecule has 118 valence electrons.